The minimum absolute atomic E-state index is 0.0453. The molecule has 1 N–H and O–H groups in total. The van der Waals surface area contributed by atoms with E-state index in [1.54, 1.807) is 25.4 Å². The van der Waals surface area contributed by atoms with Crippen LogP contribution in [0.15, 0.2) is 54.7 Å². The highest BCUT2D eigenvalue weighted by atomic mass is 32.1. The van der Waals surface area contributed by atoms with Crippen LogP contribution in [0.3, 0.4) is 0 Å². The van der Waals surface area contributed by atoms with E-state index >= 15 is 0 Å². The van der Waals surface area contributed by atoms with Crippen molar-refractivity contribution < 1.29 is 9.13 Å². The molecule has 0 saturated carbocycles. The van der Waals surface area contributed by atoms with Crippen LogP contribution in [0.4, 0.5) is 4.39 Å². The highest BCUT2D eigenvalue weighted by Gasteiger charge is 2.41. The predicted octanol–water partition coefficient (Wildman–Crippen LogP) is 4.25. The minimum atomic E-state index is -0.252. The number of benzene rings is 1. The zero-order chi connectivity index (χ0) is 21.3. The summed E-state index contributed by atoms with van der Waals surface area (Å²) in [5.41, 5.74) is 4.97. The van der Waals surface area contributed by atoms with Gasteiger partial charge in [0.2, 0.25) is 0 Å². The molecule has 4 rings (SSSR count). The number of hydrogen-bond donors (Lipinski definition) is 1. The smallest absolute Gasteiger partial charge is 0.170 e. The van der Waals surface area contributed by atoms with Crippen molar-refractivity contribution in [2.24, 2.45) is 0 Å². The van der Waals surface area contributed by atoms with E-state index in [4.69, 9.17) is 17.0 Å². The van der Waals surface area contributed by atoms with Crippen molar-refractivity contribution in [2.45, 2.75) is 25.9 Å². The van der Waals surface area contributed by atoms with Gasteiger partial charge in [-0.3, -0.25) is 4.98 Å². The van der Waals surface area contributed by atoms with Crippen LogP contribution < -0.4 is 5.32 Å². The van der Waals surface area contributed by atoms with Gasteiger partial charge >= 0.3 is 0 Å². The summed E-state index contributed by atoms with van der Waals surface area (Å²) in [7, 11) is 1.69. The zero-order valence-corrected chi connectivity index (χ0v) is 18.1. The van der Waals surface area contributed by atoms with Gasteiger partial charge in [-0.05, 0) is 68.0 Å². The molecule has 0 aliphatic carbocycles. The second-order valence-corrected chi connectivity index (χ2v) is 7.84. The van der Waals surface area contributed by atoms with Gasteiger partial charge in [0.25, 0.3) is 0 Å². The maximum atomic E-state index is 13.9. The fourth-order valence-corrected chi connectivity index (χ4v) is 4.61. The van der Waals surface area contributed by atoms with Gasteiger partial charge in [0.15, 0.2) is 5.11 Å². The summed E-state index contributed by atoms with van der Waals surface area (Å²) in [6, 6.07) is 14.6. The number of ether oxygens (including phenoxy) is 1. The van der Waals surface area contributed by atoms with Crippen molar-refractivity contribution in [3.05, 3.63) is 83.2 Å². The van der Waals surface area contributed by atoms with Crippen molar-refractivity contribution in [3.8, 4) is 5.69 Å². The van der Waals surface area contributed by atoms with Crippen molar-refractivity contribution in [2.75, 3.05) is 20.3 Å². The van der Waals surface area contributed by atoms with E-state index in [1.807, 2.05) is 31.2 Å². The molecule has 3 aromatic rings. The molecule has 1 aromatic carbocycles. The molecule has 2 aromatic heterocycles. The Balaban J connectivity index is 1.82. The average Bonchev–Trinajstić information content (AvgIpc) is 3.22. The van der Waals surface area contributed by atoms with Gasteiger partial charge in [0.05, 0.1) is 24.4 Å². The summed E-state index contributed by atoms with van der Waals surface area (Å²) in [6.45, 7) is 5.34. The first-order chi connectivity index (χ1) is 14.5. The fourth-order valence-electron chi connectivity index (χ4n) is 4.27. The molecule has 1 aliphatic rings. The molecule has 0 bridgehead atoms. The van der Waals surface area contributed by atoms with Crippen LogP contribution in [0.25, 0.3) is 5.69 Å². The quantitative estimate of drug-likeness (QED) is 0.600. The van der Waals surface area contributed by atoms with Crippen molar-refractivity contribution in [3.63, 3.8) is 0 Å². The number of aromatic nitrogens is 2. The molecule has 0 amide bonds. The predicted molar refractivity (Wildman–Crippen MR) is 119 cm³/mol. The Bertz CT molecular complexity index is 1050. The Labute approximate surface area is 181 Å². The molecule has 0 radical (unpaired) electrons. The van der Waals surface area contributed by atoms with Crippen molar-refractivity contribution in [1.29, 1.82) is 0 Å². The highest BCUT2D eigenvalue weighted by Crippen LogP contribution is 2.41. The second-order valence-electron chi connectivity index (χ2n) is 7.45. The largest absolute Gasteiger partial charge is 0.383 e. The Morgan fingerprint density at radius 3 is 2.70 bits per heavy atom. The normalized spacial score (nSPS) is 18.7. The standard InChI is InChI=1S/C23H25FN4OS/c1-15-13-19(16(2)28(15)18-8-6-7-17(24)14-18)22-21(20-9-4-5-10-25-20)26-23(30)27(22)11-12-29-3/h4-10,13-14,21-22H,11-12H2,1-3H3,(H,26,30)/t21-,22+/m1/s1. The zero-order valence-electron chi connectivity index (χ0n) is 17.3. The molecule has 3 heterocycles. The summed E-state index contributed by atoms with van der Waals surface area (Å²) in [5, 5.41) is 4.14. The van der Waals surface area contributed by atoms with Crippen LogP contribution in [0.2, 0.25) is 0 Å². The SMILES string of the molecule is COCCN1C(=S)N[C@H](c2ccccn2)[C@@H]1c1cc(C)n(-c2cccc(F)c2)c1C. The van der Waals surface area contributed by atoms with E-state index in [-0.39, 0.29) is 17.9 Å². The van der Waals surface area contributed by atoms with E-state index in [2.05, 4.69) is 32.8 Å². The van der Waals surface area contributed by atoms with Crippen molar-refractivity contribution >= 4 is 17.3 Å². The molecule has 1 aliphatic heterocycles. The Morgan fingerprint density at radius 1 is 1.17 bits per heavy atom. The maximum absolute atomic E-state index is 13.9. The van der Waals surface area contributed by atoms with Gasteiger partial charge in [-0.2, -0.15) is 0 Å². The molecule has 2 atom stereocenters. The summed E-state index contributed by atoms with van der Waals surface area (Å²) in [6.07, 6.45) is 1.80. The lowest BCUT2D eigenvalue weighted by Gasteiger charge is -2.28. The number of halogens is 1. The number of nitrogens with zero attached hydrogens (tertiary/aromatic N) is 3. The Morgan fingerprint density at radius 2 is 2.00 bits per heavy atom. The lowest BCUT2D eigenvalue weighted by atomic mass is 9.97. The summed E-state index contributed by atoms with van der Waals surface area (Å²) in [4.78, 5) is 6.74. The summed E-state index contributed by atoms with van der Waals surface area (Å²) >= 11 is 5.68. The van der Waals surface area contributed by atoms with E-state index in [9.17, 15) is 4.39 Å². The van der Waals surface area contributed by atoms with Crippen LogP contribution >= 0.6 is 12.2 Å². The molecule has 0 unspecified atom stereocenters. The first kappa shape index (κ1) is 20.5. The lowest BCUT2D eigenvalue weighted by Crippen LogP contribution is -2.32. The monoisotopic (exact) mass is 424 g/mol. The Hall–Kier alpha value is -2.77. The molecule has 1 fully saturated rings. The second kappa shape index (κ2) is 8.53. The summed E-state index contributed by atoms with van der Waals surface area (Å²) < 4.78 is 21.3. The first-order valence-electron chi connectivity index (χ1n) is 9.93. The molecular formula is C23H25FN4OS. The van der Waals surface area contributed by atoms with Crippen LogP contribution in [0, 0.1) is 19.7 Å². The maximum Gasteiger partial charge on any atom is 0.170 e. The molecule has 1 saturated heterocycles. The van der Waals surface area contributed by atoms with Crippen LogP contribution in [0.1, 0.15) is 34.7 Å². The third-order valence-electron chi connectivity index (χ3n) is 5.59. The fraction of sp³-hybridized carbons (Fsp3) is 0.304. The number of rotatable bonds is 6. The summed E-state index contributed by atoms with van der Waals surface area (Å²) in [5.74, 6) is -0.252. The minimum Gasteiger partial charge on any atom is -0.383 e. The molecule has 5 nitrogen and oxygen atoms in total. The third-order valence-corrected chi connectivity index (χ3v) is 5.94. The average molecular weight is 425 g/mol. The van der Waals surface area contributed by atoms with Crippen LogP contribution in [-0.2, 0) is 4.74 Å². The van der Waals surface area contributed by atoms with Gasteiger partial charge < -0.3 is 19.5 Å². The topological polar surface area (TPSA) is 42.3 Å². The van der Waals surface area contributed by atoms with E-state index < -0.39 is 0 Å². The van der Waals surface area contributed by atoms with Gasteiger partial charge in [-0.1, -0.05) is 12.1 Å². The van der Waals surface area contributed by atoms with Gasteiger partial charge in [-0.25, -0.2) is 4.39 Å². The van der Waals surface area contributed by atoms with E-state index in [0.29, 0.717) is 18.3 Å². The van der Waals surface area contributed by atoms with Gasteiger partial charge in [0, 0.05) is 36.9 Å². The number of pyridine rings is 1. The van der Waals surface area contributed by atoms with Crippen LogP contribution in [0.5, 0.6) is 0 Å². The molecule has 7 heteroatoms. The third kappa shape index (κ3) is 3.70. The number of methoxy groups -OCH3 is 1. The molecule has 156 valence electrons. The van der Waals surface area contributed by atoms with Crippen molar-refractivity contribution in [1.82, 2.24) is 19.8 Å². The van der Waals surface area contributed by atoms with E-state index in [1.165, 1.54) is 6.07 Å². The molecule has 0 spiro atoms. The lowest BCUT2D eigenvalue weighted by molar-refractivity contribution is 0.164. The number of thiocarbonyl (C=S) groups is 1. The molecule has 30 heavy (non-hydrogen) atoms. The highest BCUT2D eigenvalue weighted by molar-refractivity contribution is 7.80. The number of hydrogen-bond acceptors (Lipinski definition) is 3. The first-order valence-corrected chi connectivity index (χ1v) is 10.3. The van der Waals surface area contributed by atoms with Gasteiger partial charge in [-0.15, -0.1) is 0 Å². The number of aryl methyl sites for hydroxylation is 1. The number of nitrogens with one attached hydrogen (secondary N) is 1. The molecular weight excluding hydrogens is 399 g/mol. The Kier molecular flexibility index (Phi) is 5.83. The van der Waals surface area contributed by atoms with E-state index in [0.717, 1.165) is 28.3 Å². The van der Waals surface area contributed by atoms with Gasteiger partial charge in [0.1, 0.15) is 5.82 Å². The van der Waals surface area contributed by atoms with Crippen LogP contribution in [-0.4, -0.2) is 39.8 Å².